The smallest absolute Gasteiger partial charge is 0.274 e. The standard InChI is InChI=1S/C22H20Cl2F2N4O2/c23-18-11-16(25)2-1-15(18)13-28-7-9-29(10-8-28)22(31)21-5-6-30(27-21)14-32-17-3-4-20(26)19(24)12-17/h1-6,11-12H,7-10,13-14H2. The van der Waals surface area contributed by atoms with Crippen LogP contribution in [0.2, 0.25) is 10.0 Å². The summed E-state index contributed by atoms with van der Waals surface area (Å²) in [6.07, 6.45) is 1.64. The Labute approximate surface area is 193 Å². The first-order valence-electron chi connectivity index (χ1n) is 9.96. The molecule has 0 saturated carbocycles. The molecule has 0 aliphatic carbocycles. The Morgan fingerprint density at radius 3 is 2.50 bits per heavy atom. The van der Waals surface area contributed by atoms with Gasteiger partial charge < -0.3 is 9.64 Å². The minimum absolute atomic E-state index is 0.0281. The molecule has 168 valence electrons. The SMILES string of the molecule is O=C(c1ccn(COc2ccc(F)c(Cl)c2)n1)N1CCN(Cc2ccc(F)cc2Cl)CC1. The van der Waals surface area contributed by atoms with Gasteiger partial charge in [-0.3, -0.25) is 9.69 Å². The molecule has 32 heavy (non-hydrogen) atoms. The van der Waals surface area contributed by atoms with Gasteiger partial charge in [-0.1, -0.05) is 29.3 Å². The van der Waals surface area contributed by atoms with Gasteiger partial charge in [-0.15, -0.1) is 0 Å². The van der Waals surface area contributed by atoms with Crippen LogP contribution in [0.25, 0.3) is 0 Å². The highest BCUT2D eigenvalue weighted by atomic mass is 35.5. The van der Waals surface area contributed by atoms with Gasteiger partial charge in [0.05, 0.1) is 5.02 Å². The number of hydrogen-bond donors (Lipinski definition) is 0. The van der Waals surface area contributed by atoms with E-state index in [1.54, 1.807) is 23.2 Å². The number of carbonyl (C=O) groups is 1. The van der Waals surface area contributed by atoms with Crippen molar-refractivity contribution in [2.45, 2.75) is 13.3 Å². The zero-order valence-electron chi connectivity index (χ0n) is 17.0. The third-order valence-corrected chi connectivity index (χ3v) is 5.82. The van der Waals surface area contributed by atoms with Crippen LogP contribution in [-0.4, -0.2) is 51.7 Å². The molecule has 1 aromatic heterocycles. The quantitative estimate of drug-likeness (QED) is 0.522. The molecule has 4 rings (SSSR count). The predicted molar refractivity (Wildman–Crippen MR) is 117 cm³/mol. The number of rotatable bonds is 6. The summed E-state index contributed by atoms with van der Waals surface area (Å²) >= 11 is 11.9. The minimum atomic E-state index is -0.521. The van der Waals surface area contributed by atoms with E-state index >= 15 is 0 Å². The van der Waals surface area contributed by atoms with Crippen LogP contribution in [0.3, 0.4) is 0 Å². The Hall–Kier alpha value is -2.68. The highest BCUT2D eigenvalue weighted by Gasteiger charge is 2.24. The third kappa shape index (κ3) is 5.38. The Morgan fingerprint density at radius 1 is 1.00 bits per heavy atom. The van der Waals surface area contributed by atoms with Crippen molar-refractivity contribution in [2.75, 3.05) is 26.2 Å². The van der Waals surface area contributed by atoms with Crippen LogP contribution >= 0.6 is 23.2 Å². The number of benzene rings is 2. The molecule has 1 aliphatic rings. The summed E-state index contributed by atoms with van der Waals surface area (Å²) in [5.41, 5.74) is 1.18. The first-order valence-corrected chi connectivity index (χ1v) is 10.7. The average Bonchev–Trinajstić information content (AvgIpc) is 3.26. The summed E-state index contributed by atoms with van der Waals surface area (Å²) in [7, 11) is 0. The maximum Gasteiger partial charge on any atom is 0.274 e. The van der Waals surface area contributed by atoms with E-state index in [0.717, 1.165) is 5.56 Å². The molecular formula is C22H20Cl2F2N4O2. The lowest BCUT2D eigenvalue weighted by Crippen LogP contribution is -2.48. The molecular weight excluding hydrogens is 461 g/mol. The molecule has 3 aromatic rings. The van der Waals surface area contributed by atoms with Gasteiger partial charge in [0, 0.05) is 50.0 Å². The molecule has 1 saturated heterocycles. The Bertz CT molecular complexity index is 1120. The number of hydrogen-bond acceptors (Lipinski definition) is 4. The molecule has 0 spiro atoms. The topological polar surface area (TPSA) is 50.6 Å². The van der Waals surface area contributed by atoms with Crippen LogP contribution in [0.1, 0.15) is 16.1 Å². The van der Waals surface area contributed by atoms with E-state index in [2.05, 4.69) is 10.00 Å². The first-order chi connectivity index (χ1) is 15.4. The summed E-state index contributed by atoms with van der Waals surface area (Å²) in [5.74, 6) is -0.641. The lowest BCUT2D eigenvalue weighted by Gasteiger charge is -2.34. The number of piperazine rings is 1. The van der Waals surface area contributed by atoms with E-state index in [1.165, 1.54) is 35.0 Å². The number of ether oxygens (including phenoxy) is 1. The largest absolute Gasteiger partial charge is 0.471 e. The molecule has 2 heterocycles. The molecule has 0 atom stereocenters. The number of aromatic nitrogens is 2. The van der Waals surface area contributed by atoms with Crippen LogP contribution in [0.5, 0.6) is 5.75 Å². The second-order valence-corrected chi connectivity index (χ2v) is 8.21. The van der Waals surface area contributed by atoms with E-state index in [4.69, 9.17) is 27.9 Å². The average molecular weight is 481 g/mol. The maximum atomic E-state index is 13.2. The van der Waals surface area contributed by atoms with Crippen molar-refractivity contribution in [3.63, 3.8) is 0 Å². The molecule has 1 fully saturated rings. The van der Waals surface area contributed by atoms with Crippen molar-refractivity contribution in [2.24, 2.45) is 0 Å². The molecule has 6 nitrogen and oxygen atoms in total. The zero-order valence-corrected chi connectivity index (χ0v) is 18.5. The highest BCUT2D eigenvalue weighted by Crippen LogP contribution is 2.22. The van der Waals surface area contributed by atoms with E-state index in [-0.39, 0.29) is 23.5 Å². The molecule has 1 aliphatic heterocycles. The summed E-state index contributed by atoms with van der Waals surface area (Å²) in [6.45, 7) is 3.11. The van der Waals surface area contributed by atoms with Gasteiger partial charge in [0.25, 0.3) is 5.91 Å². The van der Waals surface area contributed by atoms with E-state index < -0.39 is 5.82 Å². The van der Waals surface area contributed by atoms with Crippen molar-refractivity contribution in [3.8, 4) is 5.75 Å². The molecule has 2 aromatic carbocycles. The van der Waals surface area contributed by atoms with Gasteiger partial charge in [0.1, 0.15) is 17.4 Å². The second-order valence-electron chi connectivity index (χ2n) is 7.39. The van der Waals surface area contributed by atoms with E-state index in [9.17, 15) is 13.6 Å². The molecule has 10 heteroatoms. The number of carbonyl (C=O) groups excluding carboxylic acids is 1. The summed E-state index contributed by atoms with van der Waals surface area (Å²) < 4.78 is 33.5. The normalized spacial score (nSPS) is 14.6. The molecule has 0 bridgehead atoms. The fourth-order valence-electron chi connectivity index (χ4n) is 3.42. The van der Waals surface area contributed by atoms with Crippen molar-refractivity contribution in [1.29, 1.82) is 0 Å². The van der Waals surface area contributed by atoms with E-state index in [0.29, 0.717) is 49.2 Å². The van der Waals surface area contributed by atoms with Crippen molar-refractivity contribution >= 4 is 29.1 Å². The zero-order chi connectivity index (χ0) is 22.7. The van der Waals surface area contributed by atoms with Crippen LogP contribution < -0.4 is 4.74 Å². The summed E-state index contributed by atoms with van der Waals surface area (Å²) in [5, 5.41) is 4.65. The second kappa shape index (κ2) is 9.85. The highest BCUT2D eigenvalue weighted by molar-refractivity contribution is 6.31. The Kier molecular flexibility index (Phi) is 6.93. The maximum absolute atomic E-state index is 13.2. The van der Waals surface area contributed by atoms with Gasteiger partial charge in [-0.05, 0) is 35.9 Å². The van der Waals surface area contributed by atoms with E-state index in [1.807, 2.05) is 0 Å². The van der Waals surface area contributed by atoms with Gasteiger partial charge in [0.2, 0.25) is 0 Å². The van der Waals surface area contributed by atoms with Crippen molar-refractivity contribution in [3.05, 3.63) is 81.6 Å². The third-order valence-electron chi connectivity index (χ3n) is 5.18. The van der Waals surface area contributed by atoms with Gasteiger partial charge in [-0.25, -0.2) is 13.5 Å². The van der Waals surface area contributed by atoms with Crippen LogP contribution in [-0.2, 0) is 13.3 Å². The Balaban J connectivity index is 1.28. The number of halogens is 4. The minimum Gasteiger partial charge on any atom is -0.471 e. The molecule has 0 unspecified atom stereocenters. The van der Waals surface area contributed by atoms with Gasteiger partial charge in [0.15, 0.2) is 12.4 Å². The lowest BCUT2D eigenvalue weighted by molar-refractivity contribution is 0.0620. The van der Waals surface area contributed by atoms with Gasteiger partial charge in [-0.2, -0.15) is 5.10 Å². The van der Waals surface area contributed by atoms with Crippen molar-refractivity contribution < 1.29 is 18.3 Å². The van der Waals surface area contributed by atoms with Gasteiger partial charge >= 0.3 is 0 Å². The molecule has 0 N–H and O–H groups in total. The summed E-state index contributed by atoms with van der Waals surface area (Å²) in [4.78, 5) is 16.7. The van der Waals surface area contributed by atoms with Crippen LogP contribution in [0.4, 0.5) is 8.78 Å². The summed E-state index contributed by atoms with van der Waals surface area (Å²) in [6, 6.07) is 10.1. The monoisotopic (exact) mass is 480 g/mol. The number of amides is 1. The fraction of sp³-hybridized carbons (Fsp3) is 0.273. The lowest BCUT2D eigenvalue weighted by atomic mass is 10.2. The first kappa shape index (κ1) is 22.5. The van der Waals surface area contributed by atoms with Crippen LogP contribution in [0, 0.1) is 11.6 Å². The number of nitrogens with zero attached hydrogens (tertiary/aromatic N) is 4. The molecule has 0 radical (unpaired) electrons. The predicted octanol–water partition coefficient (Wildman–Crippen LogP) is 4.46. The van der Waals surface area contributed by atoms with Crippen LogP contribution in [0.15, 0.2) is 48.7 Å². The van der Waals surface area contributed by atoms with Crippen molar-refractivity contribution in [1.82, 2.24) is 19.6 Å². The fourth-order valence-corrected chi connectivity index (χ4v) is 3.81. The molecule has 1 amide bonds. The Morgan fingerprint density at radius 2 is 1.78 bits per heavy atom.